The number of methoxy groups -OCH3 is 1. The molecule has 0 N–H and O–H groups in total. The minimum absolute atomic E-state index is 0.0660. The zero-order valence-electron chi connectivity index (χ0n) is 21.1. The number of aryl methyl sites for hydroxylation is 2. The molecule has 0 radical (unpaired) electrons. The van der Waals surface area contributed by atoms with E-state index in [4.69, 9.17) is 14.2 Å². The van der Waals surface area contributed by atoms with Gasteiger partial charge in [0, 0.05) is 57.0 Å². The van der Waals surface area contributed by atoms with Gasteiger partial charge < -0.3 is 23.7 Å². The summed E-state index contributed by atoms with van der Waals surface area (Å²) >= 11 is 0. The van der Waals surface area contributed by atoms with Crippen LogP contribution in [-0.4, -0.2) is 70.6 Å². The van der Waals surface area contributed by atoms with E-state index in [-0.39, 0.29) is 42.0 Å². The van der Waals surface area contributed by atoms with E-state index >= 15 is 0 Å². The first kappa shape index (κ1) is 24.5. The summed E-state index contributed by atoms with van der Waals surface area (Å²) in [5, 5.41) is 4.59. The van der Waals surface area contributed by atoms with Crippen LogP contribution in [0.25, 0.3) is 0 Å². The summed E-state index contributed by atoms with van der Waals surface area (Å²) < 4.78 is 20.0. The number of ether oxygens (including phenoxy) is 3. The van der Waals surface area contributed by atoms with Gasteiger partial charge >= 0.3 is 5.97 Å². The number of carbonyl (C=O) groups is 2. The van der Waals surface area contributed by atoms with E-state index in [9.17, 15) is 14.4 Å². The molecule has 10 heteroatoms. The van der Waals surface area contributed by atoms with Gasteiger partial charge in [0.2, 0.25) is 0 Å². The van der Waals surface area contributed by atoms with Crippen molar-refractivity contribution in [2.45, 2.75) is 64.0 Å². The van der Waals surface area contributed by atoms with E-state index < -0.39 is 5.97 Å². The largest absolute Gasteiger partial charge is 0.490 e. The van der Waals surface area contributed by atoms with Crippen LogP contribution in [0.5, 0.6) is 5.75 Å². The highest BCUT2D eigenvalue weighted by Gasteiger charge is 2.31. The highest BCUT2D eigenvalue weighted by molar-refractivity contribution is 5.95. The molecule has 10 nitrogen and oxygen atoms in total. The SMILES string of the molecule is COC(=O)c1c(OC[C@@H]2CCCCO2)cc(=O)n2c1CCN(C(=O)c1c3c(nn1C)CCCC3)CC2. The minimum Gasteiger partial charge on any atom is -0.490 e. The first-order chi connectivity index (χ1) is 17.5. The Labute approximate surface area is 210 Å². The van der Waals surface area contributed by atoms with Crippen molar-refractivity contribution in [1.82, 2.24) is 19.2 Å². The third-order valence-corrected chi connectivity index (χ3v) is 7.49. The summed E-state index contributed by atoms with van der Waals surface area (Å²) in [5.41, 5.74) is 3.22. The van der Waals surface area contributed by atoms with Gasteiger partial charge in [-0.15, -0.1) is 0 Å². The summed E-state index contributed by atoms with van der Waals surface area (Å²) in [7, 11) is 3.13. The molecule has 2 aromatic heterocycles. The molecule has 4 heterocycles. The Morgan fingerprint density at radius 1 is 1.11 bits per heavy atom. The topological polar surface area (TPSA) is 105 Å². The summed E-state index contributed by atoms with van der Waals surface area (Å²) in [6, 6.07) is 1.35. The van der Waals surface area contributed by atoms with Crippen LogP contribution in [0.15, 0.2) is 10.9 Å². The summed E-state index contributed by atoms with van der Waals surface area (Å²) in [4.78, 5) is 41.3. The highest BCUT2D eigenvalue weighted by atomic mass is 16.5. The van der Waals surface area contributed by atoms with Crippen LogP contribution < -0.4 is 10.3 Å². The molecule has 0 aromatic carbocycles. The van der Waals surface area contributed by atoms with Gasteiger partial charge in [0.15, 0.2) is 0 Å². The normalized spacial score (nSPS) is 19.7. The Balaban J connectivity index is 1.41. The van der Waals surface area contributed by atoms with E-state index in [0.29, 0.717) is 37.5 Å². The van der Waals surface area contributed by atoms with Crippen LogP contribution in [0, 0.1) is 0 Å². The second-order valence-electron chi connectivity index (χ2n) is 9.76. The third kappa shape index (κ3) is 4.66. The molecule has 1 amide bonds. The average Bonchev–Trinajstić information content (AvgIpc) is 3.07. The van der Waals surface area contributed by atoms with Crippen LogP contribution in [0.2, 0.25) is 0 Å². The van der Waals surface area contributed by atoms with Crippen molar-refractivity contribution in [3.63, 3.8) is 0 Å². The van der Waals surface area contributed by atoms with Crippen LogP contribution in [0.4, 0.5) is 0 Å². The lowest BCUT2D eigenvalue weighted by molar-refractivity contribution is -0.0114. The number of aromatic nitrogens is 3. The molecule has 1 saturated heterocycles. The van der Waals surface area contributed by atoms with Crippen LogP contribution in [0.3, 0.4) is 0 Å². The number of hydrogen-bond acceptors (Lipinski definition) is 7. The number of fused-ring (bicyclic) bond motifs is 2. The van der Waals surface area contributed by atoms with Crippen molar-refractivity contribution in [1.29, 1.82) is 0 Å². The number of hydrogen-bond donors (Lipinski definition) is 0. The van der Waals surface area contributed by atoms with E-state index in [1.54, 1.807) is 14.1 Å². The highest BCUT2D eigenvalue weighted by Crippen LogP contribution is 2.27. The molecule has 2 aromatic rings. The molecule has 194 valence electrons. The molecule has 1 fully saturated rings. The van der Waals surface area contributed by atoms with Crippen molar-refractivity contribution < 1.29 is 23.8 Å². The minimum atomic E-state index is -0.557. The van der Waals surface area contributed by atoms with Crippen molar-refractivity contribution >= 4 is 11.9 Å². The van der Waals surface area contributed by atoms with Gasteiger partial charge in [0.1, 0.15) is 23.6 Å². The van der Waals surface area contributed by atoms with E-state index in [1.807, 2.05) is 7.05 Å². The molecule has 3 aliphatic rings. The van der Waals surface area contributed by atoms with Crippen LogP contribution >= 0.6 is 0 Å². The number of nitrogens with zero attached hydrogens (tertiary/aromatic N) is 4. The van der Waals surface area contributed by atoms with Crippen molar-refractivity contribution in [3.05, 3.63) is 44.6 Å². The van der Waals surface area contributed by atoms with Gasteiger partial charge in [-0.05, 0) is 44.9 Å². The summed E-state index contributed by atoms with van der Waals surface area (Å²) in [6.07, 6.45) is 7.14. The van der Waals surface area contributed by atoms with Gasteiger partial charge in [-0.1, -0.05) is 0 Å². The number of amides is 1. The molecule has 0 bridgehead atoms. The standard InChI is InChI=1S/C26H34N4O6/c1-28-24(18-8-3-4-9-19(18)27-28)25(32)29-11-10-20-23(26(33)34-2)21(15-22(31)30(20)13-12-29)36-16-17-7-5-6-14-35-17/h15,17H,3-14,16H2,1-2H3/t17-/m0/s1. The van der Waals surface area contributed by atoms with E-state index in [0.717, 1.165) is 56.2 Å². The van der Waals surface area contributed by atoms with Crippen molar-refractivity contribution in [3.8, 4) is 5.75 Å². The summed E-state index contributed by atoms with van der Waals surface area (Å²) in [6.45, 7) is 1.98. The number of carbonyl (C=O) groups excluding carboxylic acids is 2. The Morgan fingerprint density at radius 3 is 2.72 bits per heavy atom. The fraction of sp³-hybridized carbons (Fsp3) is 0.615. The summed E-state index contributed by atoms with van der Waals surface area (Å²) in [5.74, 6) is -0.425. The smallest absolute Gasteiger partial charge is 0.343 e. The zero-order valence-corrected chi connectivity index (χ0v) is 21.1. The molecule has 36 heavy (non-hydrogen) atoms. The van der Waals surface area contributed by atoms with Gasteiger partial charge in [0.25, 0.3) is 11.5 Å². The fourth-order valence-electron chi connectivity index (χ4n) is 5.61. The second kappa shape index (κ2) is 10.5. The zero-order chi connectivity index (χ0) is 25.2. The predicted octanol–water partition coefficient (Wildman–Crippen LogP) is 1.89. The van der Waals surface area contributed by atoms with E-state index in [1.165, 1.54) is 13.2 Å². The Morgan fingerprint density at radius 2 is 1.94 bits per heavy atom. The van der Waals surface area contributed by atoms with Gasteiger partial charge in [-0.3, -0.25) is 14.3 Å². The van der Waals surface area contributed by atoms with Crippen molar-refractivity contribution in [2.75, 3.05) is 33.4 Å². The van der Waals surface area contributed by atoms with Crippen LogP contribution in [0.1, 0.15) is 69.9 Å². The maximum atomic E-state index is 13.6. The van der Waals surface area contributed by atoms with Crippen molar-refractivity contribution in [2.24, 2.45) is 7.05 Å². The Hall–Kier alpha value is -3.14. The molecular formula is C26H34N4O6. The number of esters is 1. The van der Waals surface area contributed by atoms with Gasteiger partial charge in [-0.25, -0.2) is 4.79 Å². The predicted molar refractivity (Wildman–Crippen MR) is 131 cm³/mol. The molecule has 0 saturated carbocycles. The molecule has 1 aliphatic carbocycles. The van der Waals surface area contributed by atoms with Crippen LogP contribution in [-0.2, 0) is 42.3 Å². The molecule has 2 aliphatic heterocycles. The molecule has 0 spiro atoms. The fourth-order valence-corrected chi connectivity index (χ4v) is 5.61. The lowest BCUT2D eigenvalue weighted by Gasteiger charge is -2.24. The maximum Gasteiger partial charge on any atom is 0.343 e. The average molecular weight is 499 g/mol. The molecular weight excluding hydrogens is 464 g/mol. The lowest BCUT2D eigenvalue weighted by Crippen LogP contribution is -2.36. The Kier molecular flexibility index (Phi) is 7.13. The van der Waals surface area contributed by atoms with E-state index in [2.05, 4.69) is 5.10 Å². The van der Waals surface area contributed by atoms with Gasteiger partial charge in [0.05, 0.1) is 18.9 Å². The second-order valence-corrected chi connectivity index (χ2v) is 9.76. The monoisotopic (exact) mass is 498 g/mol. The first-order valence-electron chi connectivity index (χ1n) is 12.9. The molecule has 0 unspecified atom stereocenters. The number of rotatable bonds is 5. The van der Waals surface area contributed by atoms with Gasteiger partial charge in [-0.2, -0.15) is 5.10 Å². The molecule has 1 atom stereocenters. The Bertz CT molecular complexity index is 1210. The molecule has 5 rings (SSSR count). The number of pyridine rings is 1. The first-order valence-corrected chi connectivity index (χ1v) is 12.9. The third-order valence-electron chi connectivity index (χ3n) is 7.49. The quantitative estimate of drug-likeness (QED) is 0.580. The lowest BCUT2D eigenvalue weighted by atomic mass is 9.95. The maximum absolute atomic E-state index is 13.6.